The normalized spacial score (nSPS) is 53.0. The summed E-state index contributed by atoms with van der Waals surface area (Å²) in [6.07, 6.45) is 2.70. The zero-order valence-electron chi connectivity index (χ0n) is 6.22. The molecule has 52 valence electrons. The summed E-state index contributed by atoms with van der Waals surface area (Å²) in [6.45, 7) is 4.72. The predicted molar refractivity (Wildman–Crippen MR) is 38.0 cm³/mol. The van der Waals surface area contributed by atoms with E-state index in [1.54, 1.807) is 0 Å². The van der Waals surface area contributed by atoms with Crippen molar-refractivity contribution in [3.8, 4) is 0 Å². The van der Waals surface area contributed by atoms with Gasteiger partial charge in [-0.3, -0.25) is 0 Å². The molecular weight excluding hydrogens is 110 g/mol. The summed E-state index contributed by atoms with van der Waals surface area (Å²) in [5, 5.41) is 0. The molecule has 0 aromatic heterocycles. The van der Waals surface area contributed by atoms with Crippen LogP contribution in [0.1, 0.15) is 26.7 Å². The van der Waals surface area contributed by atoms with Gasteiger partial charge in [0.1, 0.15) is 0 Å². The molecular formula is C8H15N. The van der Waals surface area contributed by atoms with Crippen molar-refractivity contribution >= 4 is 0 Å². The molecule has 0 unspecified atom stereocenters. The molecule has 0 aliphatic heterocycles. The summed E-state index contributed by atoms with van der Waals surface area (Å²) in [6, 6.07) is 0.532. The van der Waals surface area contributed by atoms with Gasteiger partial charge in [0.05, 0.1) is 0 Å². The van der Waals surface area contributed by atoms with Gasteiger partial charge >= 0.3 is 0 Å². The van der Waals surface area contributed by atoms with Crippen molar-refractivity contribution in [2.75, 3.05) is 0 Å². The standard InChI is InChI=1S/C8H15N/c1-8(2)5-3-6(8)7(9)4-5/h5-7H,3-4,9H2,1-2H3/t5-,6-,7-/m0/s1. The minimum atomic E-state index is 0.532. The highest BCUT2D eigenvalue weighted by Crippen LogP contribution is 2.61. The van der Waals surface area contributed by atoms with E-state index < -0.39 is 0 Å². The summed E-state index contributed by atoms with van der Waals surface area (Å²) < 4.78 is 0. The molecule has 2 bridgehead atoms. The van der Waals surface area contributed by atoms with Crippen LogP contribution in [0, 0.1) is 17.3 Å². The maximum absolute atomic E-state index is 5.90. The molecule has 3 aliphatic rings. The fraction of sp³-hybridized carbons (Fsp3) is 1.00. The molecule has 3 rings (SSSR count). The molecule has 3 atom stereocenters. The van der Waals surface area contributed by atoms with E-state index in [-0.39, 0.29) is 0 Å². The summed E-state index contributed by atoms with van der Waals surface area (Å²) >= 11 is 0. The Kier molecular flexibility index (Phi) is 0.852. The van der Waals surface area contributed by atoms with Crippen molar-refractivity contribution in [1.82, 2.24) is 0 Å². The van der Waals surface area contributed by atoms with E-state index in [0.717, 1.165) is 11.8 Å². The Morgan fingerprint density at radius 3 is 2.11 bits per heavy atom. The minimum absolute atomic E-state index is 0.532. The lowest BCUT2D eigenvalue weighted by Crippen LogP contribution is -2.41. The maximum atomic E-state index is 5.90. The van der Waals surface area contributed by atoms with Gasteiger partial charge in [0.15, 0.2) is 0 Å². The summed E-state index contributed by atoms with van der Waals surface area (Å²) in [7, 11) is 0. The maximum Gasteiger partial charge on any atom is 0.00753 e. The Balaban J connectivity index is 2.22. The van der Waals surface area contributed by atoms with Crippen LogP contribution >= 0.6 is 0 Å². The third kappa shape index (κ3) is 0.493. The quantitative estimate of drug-likeness (QED) is 0.520. The third-order valence-electron chi connectivity index (χ3n) is 3.62. The van der Waals surface area contributed by atoms with Crippen molar-refractivity contribution in [1.29, 1.82) is 0 Å². The van der Waals surface area contributed by atoms with Crippen LogP contribution in [-0.2, 0) is 0 Å². The Morgan fingerprint density at radius 2 is 2.00 bits per heavy atom. The summed E-state index contributed by atoms with van der Waals surface area (Å²) in [5.41, 5.74) is 6.49. The van der Waals surface area contributed by atoms with Crippen LogP contribution in [0.25, 0.3) is 0 Å². The summed E-state index contributed by atoms with van der Waals surface area (Å²) in [5.74, 6) is 1.81. The molecule has 3 saturated carbocycles. The first-order chi connectivity index (χ1) is 4.12. The van der Waals surface area contributed by atoms with Crippen molar-refractivity contribution in [3.05, 3.63) is 0 Å². The van der Waals surface area contributed by atoms with Gasteiger partial charge in [-0.15, -0.1) is 0 Å². The number of rotatable bonds is 0. The Morgan fingerprint density at radius 1 is 1.33 bits per heavy atom. The molecule has 1 nitrogen and oxygen atoms in total. The van der Waals surface area contributed by atoms with E-state index in [4.69, 9.17) is 5.73 Å². The highest BCUT2D eigenvalue weighted by atomic mass is 14.8. The molecule has 0 radical (unpaired) electrons. The average molecular weight is 125 g/mol. The van der Waals surface area contributed by atoms with E-state index in [0.29, 0.717) is 11.5 Å². The third-order valence-corrected chi connectivity index (χ3v) is 3.62. The van der Waals surface area contributed by atoms with E-state index in [2.05, 4.69) is 13.8 Å². The second-order valence-corrected chi connectivity index (χ2v) is 4.26. The van der Waals surface area contributed by atoms with Crippen molar-refractivity contribution in [2.45, 2.75) is 32.7 Å². The molecule has 0 saturated heterocycles. The first kappa shape index (κ1) is 5.72. The number of hydrogen-bond donors (Lipinski definition) is 1. The lowest BCUT2D eigenvalue weighted by atomic mass is 9.61. The average Bonchev–Trinajstić information content (AvgIpc) is 2.20. The zero-order chi connectivity index (χ0) is 6.65. The molecule has 0 spiro atoms. The van der Waals surface area contributed by atoms with Gasteiger partial charge in [-0.05, 0) is 30.1 Å². The van der Waals surface area contributed by atoms with Crippen molar-refractivity contribution in [3.63, 3.8) is 0 Å². The van der Waals surface area contributed by atoms with Crippen LogP contribution in [-0.4, -0.2) is 6.04 Å². The van der Waals surface area contributed by atoms with E-state index in [1.165, 1.54) is 12.8 Å². The van der Waals surface area contributed by atoms with Crippen LogP contribution in [0.3, 0.4) is 0 Å². The first-order valence-corrected chi connectivity index (χ1v) is 3.88. The number of nitrogens with two attached hydrogens (primary N) is 1. The SMILES string of the molecule is CC1(C)[C@@H]2C[C@H](N)[C@@H]1C2. The van der Waals surface area contributed by atoms with E-state index in [9.17, 15) is 0 Å². The fourth-order valence-electron chi connectivity index (χ4n) is 2.68. The smallest absolute Gasteiger partial charge is 0.00753 e. The largest absolute Gasteiger partial charge is 0.327 e. The van der Waals surface area contributed by atoms with Gasteiger partial charge < -0.3 is 5.73 Å². The van der Waals surface area contributed by atoms with Gasteiger partial charge in [-0.25, -0.2) is 0 Å². The van der Waals surface area contributed by atoms with E-state index in [1.807, 2.05) is 0 Å². The van der Waals surface area contributed by atoms with Crippen molar-refractivity contribution in [2.24, 2.45) is 23.0 Å². The topological polar surface area (TPSA) is 26.0 Å². The number of fused-ring (bicyclic) bond motifs is 1. The van der Waals surface area contributed by atoms with Crippen LogP contribution in [0.2, 0.25) is 0 Å². The van der Waals surface area contributed by atoms with Gasteiger partial charge in [0.25, 0.3) is 0 Å². The molecule has 0 aromatic carbocycles. The Labute approximate surface area is 56.6 Å². The lowest BCUT2D eigenvalue weighted by molar-refractivity contribution is 0.0480. The monoisotopic (exact) mass is 125 g/mol. The van der Waals surface area contributed by atoms with Gasteiger partial charge in [0.2, 0.25) is 0 Å². The second kappa shape index (κ2) is 1.34. The molecule has 2 N–H and O–H groups in total. The predicted octanol–water partition coefficient (Wildman–Crippen LogP) is 1.38. The minimum Gasteiger partial charge on any atom is -0.327 e. The van der Waals surface area contributed by atoms with Gasteiger partial charge in [-0.2, -0.15) is 0 Å². The van der Waals surface area contributed by atoms with Crippen LogP contribution in [0.4, 0.5) is 0 Å². The highest BCUT2D eigenvalue weighted by molar-refractivity contribution is 5.08. The van der Waals surface area contributed by atoms with Gasteiger partial charge in [0, 0.05) is 6.04 Å². The van der Waals surface area contributed by atoms with Crippen LogP contribution < -0.4 is 5.73 Å². The summed E-state index contributed by atoms with van der Waals surface area (Å²) in [4.78, 5) is 0. The zero-order valence-corrected chi connectivity index (χ0v) is 6.22. The number of hydrogen-bond acceptors (Lipinski definition) is 1. The fourth-order valence-corrected chi connectivity index (χ4v) is 2.68. The molecule has 3 fully saturated rings. The lowest BCUT2D eigenvalue weighted by Gasteiger charge is -2.44. The highest BCUT2D eigenvalue weighted by Gasteiger charge is 2.56. The second-order valence-electron chi connectivity index (χ2n) is 4.26. The van der Waals surface area contributed by atoms with E-state index >= 15 is 0 Å². The Hall–Kier alpha value is -0.0400. The molecule has 0 heterocycles. The molecule has 9 heavy (non-hydrogen) atoms. The van der Waals surface area contributed by atoms with Crippen LogP contribution in [0.5, 0.6) is 0 Å². The van der Waals surface area contributed by atoms with Gasteiger partial charge in [-0.1, -0.05) is 13.8 Å². The van der Waals surface area contributed by atoms with Crippen LogP contribution in [0.15, 0.2) is 0 Å². The molecule has 0 amide bonds. The molecule has 1 heteroatoms. The van der Waals surface area contributed by atoms with Crippen molar-refractivity contribution < 1.29 is 0 Å². The first-order valence-electron chi connectivity index (χ1n) is 3.88. The molecule has 0 aromatic rings. The molecule has 3 aliphatic carbocycles. The Bertz CT molecular complexity index is 140.